The zero-order valence-electron chi connectivity index (χ0n) is 11.1. The molecule has 0 spiro atoms. The summed E-state index contributed by atoms with van der Waals surface area (Å²) in [6.45, 7) is 3.37. The minimum absolute atomic E-state index is 0.219. The fourth-order valence-electron chi connectivity index (χ4n) is 1.66. The van der Waals surface area contributed by atoms with Crippen molar-refractivity contribution in [2.75, 3.05) is 26.0 Å². The molecule has 0 bridgehead atoms. The Morgan fingerprint density at radius 1 is 1.50 bits per heavy atom. The van der Waals surface area contributed by atoms with Crippen LogP contribution in [0.1, 0.15) is 42.4 Å². The maximum absolute atomic E-state index is 11.8. The van der Waals surface area contributed by atoms with Crippen molar-refractivity contribution in [3.8, 4) is 0 Å². The number of unbranched alkanes of at least 4 members (excludes halogenated alkanes) is 1. The Morgan fingerprint density at radius 2 is 2.28 bits per heavy atom. The Bertz CT molecular complexity index is 376. The molecule has 0 aliphatic carbocycles. The van der Waals surface area contributed by atoms with Gasteiger partial charge in [0, 0.05) is 20.3 Å². The SMILES string of the molecule is CCCc1[nH]nc(C(=O)NCCCCOC)c1N. The van der Waals surface area contributed by atoms with Gasteiger partial charge in [-0.05, 0) is 19.3 Å². The number of amides is 1. The zero-order valence-corrected chi connectivity index (χ0v) is 11.1. The lowest BCUT2D eigenvalue weighted by Gasteiger charge is -2.03. The number of H-pyrrole nitrogens is 1. The van der Waals surface area contributed by atoms with Crippen LogP contribution in [0.3, 0.4) is 0 Å². The third-order valence-corrected chi connectivity index (χ3v) is 2.66. The Morgan fingerprint density at radius 3 is 2.94 bits per heavy atom. The molecular weight excluding hydrogens is 232 g/mol. The highest BCUT2D eigenvalue weighted by atomic mass is 16.5. The summed E-state index contributed by atoms with van der Waals surface area (Å²) in [4.78, 5) is 11.8. The van der Waals surface area contributed by atoms with Crippen molar-refractivity contribution in [2.45, 2.75) is 32.6 Å². The molecule has 0 aromatic carbocycles. The van der Waals surface area contributed by atoms with Crippen molar-refractivity contribution in [3.05, 3.63) is 11.4 Å². The molecule has 4 N–H and O–H groups in total. The lowest BCUT2D eigenvalue weighted by molar-refractivity contribution is 0.0947. The first kappa shape index (κ1) is 14.5. The van der Waals surface area contributed by atoms with Crippen molar-refractivity contribution in [3.63, 3.8) is 0 Å². The van der Waals surface area contributed by atoms with Gasteiger partial charge in [-0.25, -0.2) is 0 Å². The molecule has 0 fully saturated rings. The van der Waals surface area contributed by atoms with Crippen LogP contribution >= 0.6 is 0 Å². The van der Waals surface area contributed by atoms with E-state index in [-0.39, 0.29) is 5.91 Å². The van der Waals surface area contributed by atoms with E-state index in [1.165, 1.54) is 0 Å². The summed E-state index contributed by atoms with van der Waals surface area (Å²) in [5, 5.41) is 9.57. The Kier molecular flexibility index (Phi) is 6.21. The summed E-state index contributed by atoms with van der Waals surface area (Å²) in [7, 11) is 1.66. The molecule has 6 heteroatoms. The molecule has 0 atom stereocenters. The second-order valence-electron chi connectivity index (χ2n) is 4.17. The number of nitrogens with one attached hydrogen (secondary N) is 2. The van der Waals surface area contributed by atoms with E-state index in [2.05, 4.69) is 22.4 Å². The van der Waals surface area contributed by atoms with Crippen LogP contribution in [0, 0.1) is 0 Å². The topological polar surface area (TPSA) is 93.0 Å². The van der Waals surface area contributed by atoms with Gasteiger partial charge in [0.15, 0.2) is 5.69 Å². The fraction of sp³-hybridized carbons (Fsp3) is 0.667. The Balaban J connectivity index is 2.41. The van der Waals surface area contributed by atoms with Gasteiger partial charge in [-0.1, -0.05) is 13.3 Å². The second kappa shape index (κ2) is 7.71. The number of ether oxygens (including phenoxy) is 1. The maximum atomic E-state index is 11.8. The summed E-state index contributed by atoms with van der Waals surface area (Å²) < 4.78 is 4.93. The van der Waals surface area contributed by atoms with Crippen LogP contribution in [0.2, 0.25) is 0 Å². The number of carbonyl (C=O) groups excluding carboxylic acids is 1. The van der Waals surface area contributed by atoms with Gasteiger partial charge in [0.1, 0.15) is 0 Å². The minimum atomic E-state index is -0.219. The normalized spacial score (nSPS) is 10.6. The van der Waals surface area contributed by atoms with E-state index < -0.39 is 0 Å². The summed E-state index contributed by atoms with van der Waals surface area (Å²) >= 11 is 0. The molecule has 18 heavy (non-hydrogen) atoms. The van der Waals surface area contributed by atoms with Gasteiger partial charge in [-0.3, -0.25) is 9.89 Å². The summed E-state index contributed by atoms with van der Waals surface area (Å²) in [5.41, 5.74) is 7.46. The number of carbonyl (C=O) groups is 1. The van der Waals surface area contributed by atoms with Crippen molar-refractivity contribution in [1.29, 1.82) is 0 Å². The molecule has 0 aliphatic heterocycles. The number of hydrogen-bond acceptors (Lipinski definition) is 4. The number of hydrogen-bond donors (Lipinski definition) is 3. The highest BCUT2D eigenvalue weighted by Gasteiger charge is 2.15. The van der Waals surface area contributed by atoms with Crippen molar-refractivity contribution in [1.82, 2.24) is 15.5 Å². The van der Waals surface area contributed by atoms with Crippen molar-refractivity contribution >= 4 is 11.6 Å². The van der Waals surface area contributed by atoms with Crippen LogP contribution < -0.4 is 11.1 Å². The van der Waals surface area contributed by atoms with Crippen LogP contribution in [0.25, 0.3) is 0 Å². The fourth-order valence-corrected chi connectivity index (χ4v) is 1.66. The van der Waals surface area contributed by atoms with Crippen LogP contribution in [-0.2, 0) is 11.2 Å². The number of nitrogens with two attached hydrogens (primary N) is 1. The first-order chi connectivity index (χ1) is 8.70. The second-order valence-corrected chi connectivity index (χ2v) is 4.17. The molecular formula is C12H22N4O2. The van der Waals surface area contributed by atoms with E-state index in [1.54, 1.807) is 7.11 Å². The molecule has 0 saturated carbocycles. The number of rotatable bonds is 8. The van der Waals surface area contributed by atoms with Crippen LogP contribution in [0.4, 0.5) is 5.69 Å². The molecule has 6 nitrogen and oxygen atoms in total. The lowest BCUT2D eigenvalue weighted by Crippen LogP contribution is -2.25. The number of methoxy groups -OCH3 is 1. The zero-order chi connectivity index (χ0) is 13.4. The average molecular weight is 254 g/mol. The molecule has 1 aromatic rings. The minimum Gasteiger partial charge on any atom is -0.395 e. The number of aromatic amines is 1. The highest BCUT2D eigenvalue weighted by molar-refractivity contribution is 5.97. The number of aryl methyl sites for hydroxylation is 1. The van der Waals surface area contributed by atoms with E-state index in [4.69, 9.17) is 10.5 Å². The Hall–Kier alpha value is -1.56. The predicted molar refractivity (Wildman–Crippen MR) is 70.4 cm³/mol. The van der Waals surface area contributed by atoms with Crippen LogP contribution in [0.5, 0.6) is 0 Å². The number of nitrogen functional groups attached to an aromatic ring is 1. The standard InChI is InChI=1S/C12H22N4O2/c1-3-6-9-10(13)11(16-15-9)12(17)14-7-4-5-8-18-2/h3-8,13H2,1-2H3,(H,14,17)(H,15,16). The molecule has 102 valence electrons. The average Bonchev–Trinajstić information content (AvgIpc) is 2.71. The van der Waals surface area contributed by atoms with Gasteiger partial charge in [0.05, 0.1) is 11.4 Å². The summed E-state index contributed by atoms with van der Waals surface area (Å²) in [6.07, 6.45) is 3.57. The largest absolute Gasteiger partial charge is 0.395 e. The first-order valence-electron chi connectivity index (χ1n) is 6.30. The van der Waals surface area contributed by atoms with E-state index in [1.807, 2.05) is 0 Å². The van der Waals surface area contributed by atoms with Gasteiger partial charge >= 0.3 is 0 Å². The first-order valence-corrected chi connectivity index (χ1v) is 6.30. The van der Waals surface area contributed by atoms with Gasteiger partial charge < -0.3 is 15.8 Å². The molecule has 0 aliphatic rings. The lowest BCUT2D eigenvalue weighted by atomic mass is 10.2. The van der Waals surface area contributed by atoms with E-state index in [0.29, 0.717) is 24.5 Å². The third kappa shape index (κ3) is 4.03. The summed E-state index contributed by atoms with van der Waals surface area (Å²) in [6, 6.07) is 0. The van der Waals surface area contributed by atoms with E-state index in [0.717, 1.165) is 31.4 Å². The predicted octanol–water partition coefficient (Wildman–Crippen LogP) is 1.10. The third-order valence-electron chi connectivity index (χ3n) is 2.66. The molecule has 0 saturated heterocycles. The number of anilines is 1. The van der Waals surface area contributed by atoms with E-state index >= 15 is 0 Å². The molecule has 1 rings (SSSR count). The van der Waals surface area contributed by atoms with E-state index in [9.17, 15) is 4.79 Å². The molecule has 0 radical (unpaired) electrons. The molecule has 0 unspecified atom stereocenters. The van der Waals surface area contributed by atoms with Crippen LogP contribution in [0.15, 0.2) is 0 Å². The van der Waals surface area contributed by atoms with Crippen molar-refractivity contribution in [2.24, 2.45) is 0 Å². The van der Waals surface area contributed by atoms with Gasteiger partial charge in [-0.2, -0.15) is 5.10 Å². The number of nitrogens with zero attached hydrogens (tertiary/aromatic N) is 1. The summed E-state index contributed by atoms with van der Waals surface area (Å²) in [5.74, 6) is -0.219. The Labute approximate surface area is 107 Å². The van der Waals surface area contributed by atoms with Gasteiger partial charge in [-0.15, -0.1) is 0 Å². The molecule has 1 aromatic heterocycles. The van der Waals surface area contributed by atoms with Crippen molar-refractivity contribution < 1.29 is 9.53 Å². The quantitative estimate of drug-likeness (QED) is 0.606. The highest BCUT2D eigenvalue weighted by Crippen LogP contribution is 2.15. The monoisotopic (exact) mass is 254 g/mol. The molecule has 1 amide bonds. The number of aromatic nitrogens is 2. The van der Waals surface area contributed by atoms with Gasteiger partial charge in [0.2, 0.25) is 0 Å². The smallest absolute Gasteiger partial charge is 0.273 e. The van der Waals surface area contributed by atoms with Crippen LogP contribution in [-0.4, -0.2) is 36.4 Å². The maximum Gasteiger partial charge on any atom is 0.273 e. The van der Waals surface area contributed by atoms with Gasteiger partial charge in [0.25, 0.3) is 5.91 Å². The molecule has 1 heterocycles.